The van der Waals surface area contributed by atoms with E-state index in [1.807, 2.05) is 6.92 Å². The molecule has 1 N–H and O–H groups in total. The second-order valence-electron chi connectivity index (χ2n) is 3.81. The van der Waals surface area contributed by atoms with E-state index in [4.69, 9.17) is 4.74 Å². The van der Waals surface area contributed by atoms with Gasteiger partial charge in [-0.25, -0.2) is 0 Å². The zero-order chi connectivity index (χ0) is 9.42. The highest BCUT2D eigenvalue weighted by Crippen LogP contribution is 2.34. The third-order valence-electron chi connectivity index (χ3n) is 2.33. The Labute approximate surface area is 78.9 Å². The van der Waals surface area contributed by atoms with Gasteiger partial charge in [-0.05, 0) is 30.5 Å². The van der Waals surface area contributed by atoms with Crippen LogP contribution in [0.4, 0.5) is 5.69 Å². The molecule has 0 amide bonds. The van der Waals surface area contributed by atoms with E-state index in [-0.39, 0.29) is 6.23 Å². The van der Waals surface area contributed by atoms with Crippen LogP contribution in [0.15, 0.2) is 18.2 Å². The first-order valence-electron chi connectivity index (χ1n) is 4.74. The summed E-state index contributed by atoms with van der Waals surface area (Å²) < 4.78 is 5.59. The van der Waals surface area contributed by atoms with E-state index in [0.29, 0.717) is 5.92 Å². The Morgan fingerprint density at radius 2 is 2.15 bits per heavy atom. The molecule has 1 aliphatic rings. The van der Waals surface area contributed by atoms with E-state index in [1.165, 1.54) is 5.56 Å². The summed E-state index contributed by atoms with van der Waals surface area (Å²) in [7, 11) is 0. The number of ether oxygens (including phenoxy) is 1. The first-order chi connectivity index (χ1) is 6.16. The van der Waals surface area contributed by atoms with Crippen molar-refractivity contribution in [3.63, 3.8) is 0 Å². The van der Waals surface area contributed by atoms with Crippen molar-refractivity contribution in [2.75, 3.05) is 5.32 Å². The minimum Gasteiger partial charge on any atom is -0.469 e. The van der Waals surface area contributed by atoms with Gasteiger partial charge in [-0.3, -0.25) is 0 Å². The molecule has 70 valence electrons. The van der Waals surface area contributed by atoms with Crippen molar-refractivity contribution >= 4 is 5.69 Å². The quantitative estimate of drug-likeness (QED) is 0.712. The van der Waals surface area contributed by atoms with Gasteiger partial charge in [-0.15, -0.1) is 0 Å². The second-order valence-corrected chi connectivity index (χ2v) is 3.81. The summed E-state index contributed by atoms with van der Waals surface area (Å²) in [4.78, 5) is 0. The summed E-state index contributed by atoms with van der Waals surface area (Å²) in [5.74, 6) is 1.54. The summed E-state index contributed by atoms with van der Waals surface area (Å²) in [5.41, 5.74) is 2.44. The number of hydrogen-bond donors (Lipinski definition) is 1. The highest BCUT2D eigenvalue weighted by atomic mass is 16.5. The zero-order valence-corrected chi connectivity index (χ0v) is 8.29. The summed E-state index contributed by atoms with van der Waals surface area (Å²) in [5, 5.41) is 3.24. The molecule has 13 heavy (non-hydrogen) atoms. The molecule has 0 aliphatic carbocycles. The third-order valence-corrected chi connectivity index (χ3v) is 2.33. The summed E-state index contributed by atoms with van der Waals surface area (Å²) in [6.07, 6.45) is 0.109. The Bertz CT molecular complexity index is 320. The highest BCUT2D eigenvalue weighted by molar-refractivity contribution is 5.61. The van der Waals surface area contributed by atoms with E-state index < -0.39 is 0 Å². The Kier molecular flexibility index (Phi) is 1.91. The van der Waals surface area contributed by atoms with Crippen molar-refractivity contribution in [1.29, 1.82) is 0 Å². The Hall–Kier alpha value is -1.18. The van der Waals surface area contributed by atoms with E-state index in [0.717, 1.165) is 11.4 Å². The largest absolute Gasteiger partial charge is 0.469 e. The van der Waals surface area contributed by atoms with E-state index in [2.05, 4.69) is 37.4 Å². The molecule has 0 aromatic heterocycles. The summed E-state index contributed by atoms with van der Waals surface area (Å²) in [6, 6.07) is 6.36. The van der Waals surface area contributed by atoms with Gasteiger partial charge in [-0.2, -0.15) is 0 Å². The molecule has 1 heterocycles. The molecule has 0 radical (unpaired) electrons. The van der Waals surface area contributed by atoms with Gasteiger partial charge in [0.05, 0.1) is 5.69 Å². The number of benzene rings is 1. The molecule has 1 atom stereocenters. The topological polar surface area (TPSA) is 21.3 Å². The smallest absolute Gasteiger partial charge is 0.167 e. The second kappa shape index (κ2) is 2.95. The molecule has 2 nitrogen and oxygen atoms in total. The van der Waals surface area contributed by atoms with Crippen LogP contribution in [0.3, 0.4) is 0 Å². The molecular formula is C11H15NO. The van der Waals surface area contributed by atoms with Gasteiger partial charge in [0.2, 0.25) is 0 Å². The standard InChI is InChI=1S/C11H15NO/c1-7(2)9-4-5-10-11(6-9)13-8(3)12-10/h4-8,12H,1-3H3. The fourth-order valence-electron chi connectivity index (χ4n) is 1.55. The maximum absolute atomic E-state index is 5.59. The van der Waals surface area contributed by atoms with Crippen molar-refractivity contribution < 1.29 is 4.74 Å². The predicted molar refractivity (Wildman–Crippen MR) is 54.2 cm³/mol. The molecule has 2 heteroatoms. The van der Waals surface area contributed by atoms with Crippen LogP contribution in [-0.4, -0.2) is 6.23 Å². The molecule has 0 saturated heterocycles. The lowest BCUT2D eigenvalue weighted by Gasteiger charge is -2.06. The first kappa shape index (κ1) is 8.42. The number of hydrogen-bond acceptors (Lipinski definition) is 2. The lowest BCUT2D eigenvalue weighted by atomic mass is 10.0. The Balaban J connectivity index is 2.35. The molecule has 0 spiro atoms. The van der Waals surface area contributed by atoms with Crippen molar-refractivity contribution in [1.82, 2.24) is 0 Å². The lowest BCUT2D eigenvalue weighted by molar-refractivity contribution is 0.274. The zero-order valence-electron chi connectivity index (χ0n) is 8.29. The minimum atomic E-state index is 0.109. The van der Waals surface area contributed by atoms with Gasteiger partial charge in [-0.1, -0.05) is 19.9 Å². The molecule has 0 fully saturated rings. The van der Waals surface area contributed by atoms with Crippen molar-refractivity contribution in [2.24, 2.45) is 0 Å². The van der Waals surface area contributed by atoms with Gasteiger partial charge < -0.3 is 10.1 Å². The van der Waals surface area contributed by atoms with Crippen LogP contribution in [0.1, 0.15) is 32.3 Å². The van der Waals surface area contributed by atoms with Crippen LogP contribution in [0, 0.1) is 0 Å². The maximum Gasteiger partial charge on any atom is 0.167 e. The number of nitrogens with one attached hydrogen (secondary N) is 1. The first-order valence-corrected chi connectivity index (χ1v) is 4.74. The summed E-state index contributed by atoms with van der Waals surface area (Å²) >= 11 is 0. The molecule has 1 aromatic rings. The molecule has 0 bridgehead atoms. The van der Waals surface area contributed by atoms with Gasteiger partial charge in [0, 0.05) is 0 Å². The fourth-order valence-corrected chi connectivity index (χ4v) is 1.55. The van der Waals surface area contributed by atoms with Crippen LogP contribution in [0.25, 0.3) is 0 Å². The maximum atomic E-state index is 5.59. The summed E-state index contributed by atoms with van der Waals surface area (Å²) in [6.45, 7) is 6.39. The number of fused-ring (bicyclic) bond motifs is 1. The average molecular weight is 177 g/mol. The monoisotopic (exact) mass is 177 g/mol. The van der Waals surface area contributed by atoms with Gasteiger partial charge >= 0.3 is 0 Å². The minimum absolute atomic E-state index is 0.109. The Morgan fingerprint density at radius 1 is 1.38 bits per heavy atom. The van der Waals surface area contributed by atoms with Gasteiger partial charge in [0.1, 0.15) is 5.75 Å². The number of rotatable bonds is 1. The normalized spacial score (nSPS) is 19.5. The van der Waals surface area contributed by atoms with Crippen LogP contribution in [0.5, 0.6) is 5.75 Å². The van der Waals surface area contributed by atoms with Crippen molar-refractivity contribution in [2.45, 2.75) is 32.9 Å². The Morgan fingerprint density at radius 3 is 2.85 bits per heavy atom. The fraction of sp³-hybridized carbons (Fsp3) is 0.455. The van der Waals surface area contributed by atoms with Crippen LogP contribution < -0.4 is 10.1 Å². The lowest BCUT2D eigenvalue weighted by Crippen LogP contribution is -2.13. The average Bonchev–Trinajstić information content (AvgIpc) is 2.42. The van der Waals surface area contributed by atoms with Crippen LogP contribution in [0.2, 0.25) is 0 Å². The van der Waals surface area contributed by atoms with Crippen molar-refractivity contribution in [3.05, 3.63) is 23.8 Å². The van der Waals surface area contributed by atoms with E-state index in [1.54, 1.807) is 0 Å². The van der Waals surface area contributed by atoms with Crippen LogP contribution in [-0.2, 0) is 0 Å². The van der Waals surface area contributed by atoms with E-state index in [9.17, 15) is 0 Å². The van der Waals surface area contributed by atoms with Gasteiger partial charge in [0.15, 0.2) is 6.23 Å². The predicted octanol–water partition coefficient (Wildman–Crippen LogP) is 2.96. The molecule has 1 aliphatic heterocycles. The third kappa shape index (κ3) is 1.48. The highest BCUT2D eigenvalue weighted by Gasteiger charge is 2.17. The SMILES string of the molecule is CC1Nc2ccc(C(C)C)cc2O1. The molecular weight excluding hydrogens is 162 g/mol. The molecule has 2 rings (SSSR count). The molecule has 0 saturated carbocycles. The van der Waals surface area contributed by atoms with Crippen molar-refractivity contribution in [3.8, 4) is 5.75 Å². The molecule has 1 aromatic carbocycles. The van der Waals surface area contributed by atoms with E-state index >= 15 is 0 Å². The van der Waals surface area contributed by atoms with Crippen LogP contribution >= 0.6 is 0 Å². The number of anilines is 1. The molecule has 1 unspecified atom stereocenters. The van der Waals surface area contributed by atoms with Gasteiger partial charge in [0.25, 0.3) is 0 Å².